The van der Waals surface area contributed by atoms with Gasteiger partial charge in [0.05, 0.1) is 0 Å². The molecular weight excluding hydrogens is 228 g/mol. The minimum atomic E-state index is 0. The van der Waals surface area contributed by atoms with Crippen LogP contribution in [0.5, 0.6) is 0 Å². The molecule has 0 amide bonds. The summed E-state index contributed by atoms with van der Waals surface area (Å²) in [5, 5.41) is 7.57. The normalized spacial score (nSPS) is 3.60. The van der Waals surface area contributed by atoms with Crippen LogP contribution in [0.2, 0.25) is 0 Å². The van der Waals surface area contributed by atoms with Crippen molar-refractivity contribution in [1.29, 1.82) is 0 Å². The van der Waals surface area contributed by atoms with Gasteiger partial charge in [0.1, 0.15) is 0 Å². The Morgan fingerprint density at radius 3 is 1.60 bits per heavy atom. The molecule has 0 aromatic rings. The van der Waals surface area contributed by atoms with E-state index in [1.807, 2.05) is 0 Å². The Hall–Kier alpha value is 1.30. The van der Waals surface area contributed by atoms with Gasteiger partial charge in [0.15, 0.2) is 0 Å². The maximum absolute atomic E-state index is 7.57. The van der Waals surface area contributed by atoms with Gasteiger partial charge in [-0.3, -0.25) is 0 Å². The van der Waals surface area contributed by atoms with Crippen LogP contribution in [0.15, 0.2) is 0 Å². The van der Waals surface area contributed by atoms with Crippen LogP contribution in [0.4, 0.5) is 0 Å². The molecular formula is C2H6LiOTa. The van der Waals surface area contributed by atoms with Gasteiger partial charge < -0.3 is 5.11 Å². The molecule has 0 saturated heterocycles. The van der Waals surface area contributed by atoms with Crippen LogP contribution in [0.25, 0.3) is 0 Å². The molecule has 3 heteroatoms. The summed E-state index contributed by atoms with van der Waals surface area (Å²) < 4.78 is 0. The first-order valence-electron chi connectivity index (χ1n) is 1.02. The second-order valence-corrected chi connectivity index (χ2v) is 0.316. The number of aliphatic hydroxyl groups excluding tert-OH is 1. The van der Waals surface area contributed by atoms with Gasteiger partial charge in [0.2, 0.25) is 0 Å². The molecule has 1 N–H and O–H groups in total. The summed E-state index contributed by atoms with van der Waals surface area (Å²) in [5.41, 5.74) is 0. The van der Waals surface area contributed by atoms with E-state index >= 15 is 0 Å². The van der Waals surface area contributed by atoms with Crippen LogP contribution in [0.3, 0.4) is 0 Å². The molecule has 0 spiro atoms. The minimum absolute atomic E-state index is 0. The molecule has 0 heterocycles. The Bertz CT molecular complexity index is 9.61. The van der Waals surface area contributed by atoms with Crippen LogP contribution in [-0.4, -0.2) is 30.6 Å². The van der Waals surface area contributed by atoms with Crippen molar-refractivity contribution in [2.75, 3.05) is 6.61 Å². The third-order valence-corrected chi connectivity index (χ3v) is 0. The van der Waals surface area contributed by atoms with E-state index in [0.717, 1.165) is 0 Å². The van der Waals surface area contributed by atoms with Gasteiger partial charge in [-0.2, -0.15) is 0 Å². The molecule has 5 heavy (non-hydrogen) atoms. The van der Waals surface area contributed by atoms with Crippen LogP contribution in [-0.2, 0) is 22.4 Å². The summed E-state index contributed by atoms with van der Waals surface area (Å²) in [5.74, 6) is 0. The van der Waals surface area contributed by atoms with Gasteiger partial charge in [-0.25, -0.2) is 0 Å². The van der Waals surface area contributed by atoms with Gasteiger partial charge in [0, 0.05) is 47.8 Å². The number of hydrogen-bond donors (Lipinski definition) is 1. The molecule has 0 rings (SSSR count). The quantitative estimate of drug-likeness (QED) is 0.566. The predicted molar refractivity (Wildman–Crippen MR) is 18.5 cm³/mol. The average Bonchev–Trinajstić information content (AvgIpc) is 0.918. The molecule has 0 saturated carbocycles. The van der Waals surface area contributed by atoms with E-state index in [0.29, 0.717) is 0 Å². The van der Waals surface area contributed by atoms with Crippen molar-refractivity contribution in [3.8, 4) is 0 Å². The third-order valence-electron chi connectivity index (χ3n) is 0. The molecule has 26 valence electrons. The standard InChI is InChI=1S/C2H6O.Li.Ta/c1-2-3;;/h3H,2H2,1H3;;. The summed E-state index contributed by atoms with van der Waals surface area (Å²) >= 11 is 0. The Morgan fingerprint density at radius 1 is 1.60 bits per heavy atom. The maximum atomic E-state index is 7.57. The molecule has 2 radical (unpaired) electrons. The zero-order chi connectivity index (χ0) is 2.71. The molecule has 0 aromatic carbocycles. The second-order valence-electron chi connectivity index (χ2n) is 0.316. The zero-order valence-corrected chi connectivity index (χ0v) is 6.81. The average molecular weight is 234 g/mol. The molecule has 0 fully saturated rings. The maximum Gasteiger partial charge on any atom is 0.0402 e. The third kappa shape index (κ3) is 34.2. The fourth-order valence-corrected chi connectivity index (χ4v) is 0. The minimum Gasteiger partial charge on any atom is -0.397 e. The molecule has 0 aliphatic rings. The van der Waals surface area contributed by atoms with Crippen LogP contribution in [0, 0.1) is 0 Å². The first kappa shape index (κ1) is 16.3. The number of aliphatic hydroxyl groups is 1. The van der Waals surface area contributed by atoms with E-state index in [4.69, 9.17) is 5.11 Å². The van der Waals surface area contributed by atoms with Crippen molar-refractivity contribution in [3.05, 3.63) is 0 Å². The smallest absolute Gasteiger partial charge is 0.0402 e. The monoisotopic (exact) mass is 234 g/mol. The first-order chi connectivity index (χ1) is 1.41. The number of rotatable bonds is 0. The van der Waals surface area contributed by atoms with Gasteiger partial charge in [-0.1, -0.05) is 0 Å². The van der Waals surface area contributed by atoms with Crippen LogP contribution < -0.4 is 0 Å². The SMILES string of the molecule is CCO.[Li].[Ta]. The van der Waals surface area contributed by atoms with Crippen molar-refractivity contribution >= 4 is 18.9 Å². The summed E-state index contributed by atoms with van der Waals surface area (Å²) in [6, 6.07) is 0. The second kappa shape index (κ2) is 18.5. The Morgan fingerprint density at radius 2 is 1.60 bits per heavy atom. The Kier molecular flexibility index (Phi) is 60.2. The van der Waals surface area contributed by atoms with Crippen molar-refractivity contribution < 1.29 is 27.5 Å². The van der Waals surface area contributed by atoms with Crippen molar-refractivity contribution in [2.45, 2.75) is 6.92 Å². The topological polar surface area (TPSA) is 20.2 Å². The summed E-state index contributed by atoms with van der Waals surface area (Å²) in [7, 11) is 0. The molecule has 0 aliphatic heterocycles. The zero-order valence-electron chi connectivity index (χ0n) is 3.60. The van der Waals surface area contributed by atoms with Gasteiger partial charge in [-0.05, 0) is 6.92 Å². The van der Waals surface area contributed by atoms with E-state index in [1.54, 1.807) is 6.92 Å². The number of hydrogen-bond acceptors (Lipinski definition) is 1. The molecule has 0 aromatic heterocycles. The van der Waals surface area contributed by atoms with Crippen LogP contribution in [0.1, 0.15) is 6.92 Å². The summed E-state index contributed by atoms with van der Waals surface area (Å²) in [6.07, 6.45) is 0. The fraction of sp³-hybridized carbons (Fsp3) is 1.00. The van der Waals surface area contributed by atoms with Crippen molar-refractivity contribution in [3.63, 3.8) is 0 Å². The predicted octanol–water partition coefficient (Wildman–Crippen LogP) is -0.385. The summed E-state index contributed by atoms with van der Waals surface area (Å²) in [6.45, 7) is 1.93. The Balaban J connectivity index is -0.0000000200. The van der Waals surface area contributed by atoms with Crippen molar-refractivity contribution in [1.82, 2.24) is 0 Å². The van der Waals surface area contributed by atoms with Gasteiger partial charge >= 0.3 is 0 Å². The fourth-order valence-electron chi connectivity index (χ4n) is 0. The van der Waals surface area contributed by atoms with E-state index in [9.17, 15) is 0 Å². The molecule has 0 bridgehead atoms. The van der Waals surface area contributed by atoms with E-state index in [-0.39, 0.29) is 47.8 Å². The van der Waals surface area contributed by atoms with Crippen molar-refractivity contribution in [2.24, 2.45) is 0 Å². The largest absolute Gasteiger partial charge is 0.397 e. The van der Waals surface area contributed by atoms with E-state index < -0.39 is 0 Å². The Labute approximate surface area is 59.8 Å². The van der Waals surface area contributed by atoms with E-state index in [2.05, 4.69) is 0 Å². The molecule has 0 aliphatic carbocycles. The van der Waals surface area contributed by atoms with Crippen LogP contribution >= 0.6 is 0 Å². The summed E-state index contributed by atoms with van der Waals surface area (Å²) in [4.78, 5) is 0. The molecule has 1 nitrogen and oxygen atoms in total. The molecule has 0 atom stereocenters. The van der Waals surface area contributed by atoms with Gasteiger partial charge in [0.25, 0.3) is 0 Å². The van der Waals surface area contributed by atoms with E-state index in [1.165, 1.54) is 0 Å². The molecule has 0 unspecified atom stereocenters. The first-order valence-corrected chi connectivity index (χ1v) is 1.02. The van der Waals surface area contributed by atoms with Gasteiger partial charge in [-0.15, -0.1) is 0 Å².